The first kappa shape index (κ1) is 24.2. The first-order chi connectivity index (χ1) is 15.4. The first-order valence-electron chi connectivity index (χ1n) is 11.4. The van der Waals surface area contributed by atoms with Crippen LogP contribution in [0.4, 0.5) is 5.00 Å². The summed E-state index contributed by atoms with van der Waals surface area (Å²) in [6.45, 7) is 3.40. The lowest BCUT2D eigenvalue weighted by molar-refractivity contribution is -0.147. The highest BCUT2D eigenvalue weighted by Crippen LogP contribution is 2.40. The Kier molecular flexibility index (Phi) is 8.67. The monoisotopic (exact) mass is 464 g/mol. The quantitative estimate of drug-likeness (QED) is 0.572. The maximum atomic E-state index is 12.5. The van der Waals surface area contributed by atoms with Gasteiger partial charge in [0, 0.05) is 10.8 Å². The molecule has 0 bridgehead atoms. The lowest BCUT2D eigenvalue weighted by atomic mass is 9.88. The molecule has 0 aliphatic heterocycles. The maximum absolute atomic E-state index is 12.5. The van der Waals surface area contributed by atoms with E-state index in [1.54, 1.807) is 6.92 Å². The van der Waals surface area contributed by atoms with Crippen LogP contribution < -0.4 is 10.6 Å². The molecule has 2 aliphatic carbocycles. The Morgan fingerprint density at radius 1 is 1.06 bits per heavy atom. The number of hydrogen-bond acceptors (Lipinski definition) is 7. The van der Waals surface area contributed by atoms with Crippen molar-refractivity contribution in [1.29, 1.82) is 0 Å². The van der Waals surface area contributed by atoms with Gasteiger partial charge in [-0.25, -0.2) is 4.79 Å². The Morgan fingerprint density at radius 3 is 2.53 bits per heavy atom. The zero-order valence-corrected chi connectivity index (χ0v) is 19.6. The normalized spacial score (nSPS) is 18.4. The zero-order valence-electron chi connectivity index (χ0n) is 18.8. The molecule has 1 fully saturated rings. The number of thiophene rings is 1. The number of nitrogens with one attached hydrogen (secondary N) is 2. The molecular formula is C23H32N2O6S. The second kappa shape index (κ2) is 11.4. The summed E-state index contributed by atoms with van der Waals surface area (Å²) in [5, 5.41) is 5.74. The Bertz CT molecular complexity index is 859. The van der Waals surface area contributed by atoms with Gasteiger partial charge in [-0.2, -0.15) is 0 Å². The highest BCUT2D eigenvalue weighted by molar-refractivity contribution is 7.17. The summed E-state index contributed by atoms with van der Waals surface area (Å²) in [7, 11) is 0. The number of esters is 2. The predicted molar refractivity (Wildman–Crippen MR) is 121 cm³/mol. The number of anilines is 1. The minimum Gasteiger partial charge on any atom is -0.462 e. The highest BCUT2D eigenvalue weighted by atomic mass is 32.1. The average molecular weight is 465 g/mol. The number of hydrogen-bond donors (Lipinski definition) is 2. The largest absolute Gasteiger partial charge is 0.462 e. The molecule has 1 saturated carbocycles. The third-order valence-corrected chi connectivity index (χ3v) is 7.16. The van der Waals surface area contributed by atoms with Crippen LogP contribution >= 0.6 is 11.3 Å². The molecule has 32 heavy (non-hydrogen) atoms. The van der Waals surface area contributed by atoms with Crippen molar-refractivity contribution in [1.82, 2.24) is 5.32 Å². The van der Waals surface area contributed by atoms with Crippen LogP contribution in [0, 0.1) is 11.8 Å². The van der Waals surface area contributed by atoms with Crippen molar-refractivity contribution in [2.45, 2.75) is 65.2 Å². The van der Waals surface area contributed by atoms with E-state index in [9.17, 15) is 19.2 Å². The van der Waals surface area contributed by atoms with Crippen molar-refractivity contribution in [3.63, 3.8) is 0 Å². The molecule has 3 rings (SSSR count). The van der Waals surface area contributed by atoms with E-state index in [1.807, 2.05) is 0 Å². The number of amides is 2. The van der Waals surface area contributed by atoms with Gasteiger partial charge in [-0.3, -0.25) is 14.4 Å². The predicted octanol–water partition coefficient (Wildman–Crippen LogP) is 3.23. The van der Waals surface area contributed by atoms with Crippen LogP contribution in [0.1, 0.15) is 73.2 Å². The summed E-state index contributed by atoms with van der Waals surface area (Å²) in [6, 6.07) is 0. The summed E-state index contributed by atoms with van der Waals surface area (Å²) in [6.07, 6.45) is 7.50. The van der Waals surface area contributed by atoms with Gasteiger partial charge in [-0.15, -0.1) is 11.3 Å². The zero-order chi connectivity index (χ0) is 23.1. The van der Waals surface area contributed by atoms with Gasteiger partial charge in [0.15, 0.2) is 6.61 Å². The molecule has 0 spiro atoms. The molecule has 0 radical (unpaired) electrons. The molecule has 2 N–H and O–H groups in total. The molecule has 2 aliphatic rings. The van der Waals surface area contributed by atoms with Crippen LogP contribution in [-0.2, 0) is 36.7 Å². The highest BCUT2D eigenvalue weighted by Gasteiger charge is 2.29. The van der Waals surface area contributed by atoms with Crippen LogP contribution in [0.2, 0.25) is 0 Å². The first-order valence-corrected chi connectivity index (χ1v) is 12.3. The van der Waals surface area contributed by atoms with Gasteiger partial charge >= 0.3 is 11.9 Å². The molecule has 1 aromatic rings. The average Bonchev–Trinajstić information content (AvgIpc) is 3.13. The van der Waals surface area contributed by atoms with Crippen molar-refractivity contribution in [3.8, 4) is 0 Å². The van der Waals surface area contributed by atoms with Gasteiger partial charge < -0.3 is 20.1 Å². The Hall–Kier alpha value is -2.42. The SMILES string of the molecule is CCOC(=O)c1c(NC(=O)COC(=O)CNC(=O)C2CCCCC2)sc2c1CCC(C)C2. The lowest BCUT2D eigenvalue weighted by Crippen LogP contribution is -2.36. The molecule has 2 amide bonds. The van der Waals surface area contributed by atoms with Crippen molar-refractivity contribution >= 4 is 40.1 Å². The fourth-order valence-corrected chi connectivity index (χ4v) is 5.70. The molecule has 0 saturated heterocycles. The standard InChI is InChI=1S/C23H32N2O6S/c1-3-30-23(29)20-16-10-9-14(2)11-17(16)32-22(20)25-18(26)13-31-19(27)12-24-21(28)15-7-5-4-6-8-15/h14-15H,3-13H2,1-2H3,(H,24,28)(H,25,26). The van der Waals surface area contributed by atoms with Gasteiger partial charge in [0.2, 0.25) is 5.91 Å². The Labute approximate surface area is 192 Å². The summed E-state index contributed by atoms with van der Waals surface area (Å²) >= 11 is 1.38. The van der Waals surface area contributed by atoms with Crippen molar-refractivity contribution in [2.75, 3.05) is 25.1 Å². The van der Waals surface area contributed by atoms with Gasteiger partial charge in [0.05, 0.1) is 12.2 Å². The maximum Gasteiger partial charge on any atom is 0.341 e. The minimum atomic E-state index is -0.672. The third-order valence-electron chi connectivity index (χ3n) is 5.99. The second-order valence-electron chi connectivity index (χ2n) is 8.54. The molecule has 1 heterocycles. The van der Waals surface area contributed by atoms with Gasteiger partial charge in [-0.1, -0.05) is 26.2 Å². The molecule has 0 aromatic carbocycles. The fourth-order valence-electron chi connectivity index (χ4n) is 4.29. The fraction of sp³-hybridized carbons (Fsp3) is 0.652. The summed E-state index contributed by atoms with van der Waals surface area (Å²) in [4.78, 5) is 50.1. The molecule has 8 nitrogen and oxygen atoms in total. The molecular weight excluding hydrogens is 432 g/mol. The van der Waals surface area contributed by atoms with E-state index in [1.165, 1.54) is 11.3 Å². The van der Waals surface area contributed by atoms with Gasteiger partial charge in [-0.05, 0) is 50.5 Å². The van der Waals surface area contributed by atoms with E-state index in [-0.39, 0.29) is 25.0 Å². The van der Waals surface area contributed by atoms with E-state index in [2.05, 4.69) is 17.6 Å². The van der Waals surface area contributed by atoms with Gasteiger partial charge in [0.1, 0.15) is 11.5 Å². The molecule has 176 valence electrons. The Morgan fingerprint density at radius 2 is 1.81 bits per heavy atom. The Balaban J connectivity index is 1.52. The summed E-state index contributed by atoms with van der Waals surface area (Å²) in [5.41, 5.74) is 1.36. The van der Waals surface area contributed by atoms with E-state index in [0.29, 0.717) is 16.5 Å². The van der Waals surface area contributed by atoms with Crippen molar-refractivity contribution in [2.24, 2.45) is 11.8 Å². The van der Waals surface area contributed by atoms with E-state index in [4.69, 9.17) is 9.47 Å². The van der Waals surface area contributed by atoms with Crippen LogP contribution in [-0.4, -0.2) is 43.5 Å². The van der Waals surface area contributed by atoms with Crippen LogP contribution in [0.25, 0.3) is 0 Å². The molecule has 1 unspecified atom stereocenters. The molecule has 9 heteroatoms. The van der Waals surface area contributed by atoms with Gasteiger partial charge in [0.25, 0.3) is 5.91 Å². The van der Waals surface area contributed by atoms with E-state index in [0.717, 1.165) is 61.8 Å². The van der Waals surface area contributed by atoms with Crippen LogP contribution in [0.15, 0.2) is 0 Å². The van der Waals surface area contributed by atoms with Crippen molar-refractivity contribution < 1.29 is 28.7 Å². The second-order valence-corrected chi connectivity index (χ2v) is 9.64. The number of ether oxygens (including phenoxy) is 2. The molecule has 1 atom stereocenters. The topological polar surface area (TPSA) is 111 Å². The number of carbonyl (C=O) groups excluding carboxylic acids is 4. The van der Waals surface area contributed by atoms with Crippen molar-refractivity contribution in [3.05, 3.63) is 16.0 Å². The number of rotatable bonds is 8. The van der Waals surface area contributed by atoms with Crippen LogP contribution in [0.3, 0.4) is 0 Å². The van der Waals surface area contributed by atoms with Crippen LogP contribution in [0.5, 0.6) is 0 Å². The van der Waals surface area contributed by atoms with E-state index < -0.39 is 24.5 Å². The minimum absolute atomic E-state index is 0.0475. The van der Waals surface area contributed by atoms with E-state index >= 15 is 0 Å². The smallest absolute Gasteiger partial charge is 0.341 e. The third kappa shape index (κ3) is 6.31. The lowest BCUT2D eigenvalue weighted by Gasteiger charge is -2.20. The molecule has 1 aromatic heterocycles. The number of carbonyl (C=O) groups is 4. The number of fused-ring (bicyclic) bond motifs is 1. The summed E-state index contributed by atoms with van der Waals surface area (Å²) in [5.74, 6) is -1.32. The summed E-state index contributed by atoms with van der Waals surface area (Å²) < 4.78 is 10.2.